The van der Waals surface area contributed by atoms with Crippen molar-refractivity contribution in [3.05, 3.63) is 29.8 Å². The lowest BCUT2D eigenvalue weighted by Crippen LogP contribution is -2.57. The van der Waals surface area contributed by atoms with Crippen LogP contribution in [0.15, 0.2) is 24.3 Å². The van der Waals surface area contributed by atoms with Gasteiger partial charge in [0.1, 0.15) is 5.60 Å². The SMILES string of the molecule is CC(C)(C)OC(=O)[N+]1(C)CCC(Nc2nc(Nc3cccc(C(F)(F)F)c3)nc(OCC(F)(F)F)n2)CC1. The average Bonchev–Trinajstić information content (AvgIpc) is 2.77. The molecular formula is C23H29F6N6O3+. The molecule has 1 aliphatic rings. The highest BCUT2D eigenvalue weighted by molar-refractivity contribution is 5.60. The van der Waals surface area contributed by atoms with E-state index in [2.05, 4.69) is 30.3 Å². The minimum absolute atomic E-state index is 0.0400. The van der Waals surface area contributed by atoms with Gasteiger partial charge in [-0.15, -0.1) is 0 Å². The second kappa shape index (κ2) is 10.8. The van der Waals surface area contributed by atoms with E-state index in [4.69, 9.17) is 4.74 Å². The van der Waals surface area contributed by atoms with Gasteiger partial charge in [0, 0.05) is 24.6 Å². The second-order valence-electron chi connectivity index (χ2n) is 10.1. The number of amides is 1. The zero-order valence-corrected chi connectivity index (χ0v) is 21.2. The first kappa shape index (κ1) is 29.2. The topological polar surface area (TPSA) is 98.3 Å². The predicted molar refractivity (Wildman–Crippen MR) is 125 cm³/mol. The van der Waals surface area contributed by atoms with E-state index in [1.54, 1.807) is 27.8 Å². The van der Waals surface area contributed by atoms with Crippen molar-refractivity contribution < 1.29 is 45.1 Å². The van der Waals surface area contributed by atoms with Crippen LogP contribution < -0.4 is 15.4 Å². The van der Waals surface area contributed by atoms with Crippen molar-refractivity contribution >= 4 is 23.7 Å². The van der Waals surface area contributed by atoms with Gasteiger partial charge < -0.3 is 20.1 Å². The Bertz CT molecular complexity index is 1130. The normalized spacial score (nSPS) is 20.5. The number of alkyl halides is 6. The number of piperidine rings is 1. The Morgan fingerprint density at radius 3 is 2.24 bits per heavy atom. The van der Waals surface area contributed by atoms with Crippen molar-refractivity contribution in [3.8, 4) is 6.01 Å². The van der Waals surface area contributed by atoms with Crippen molar-refractivity contribution in [3.63, 3.8) is 0 Å². The summed E-state index contributed by atoms with van der Waals surface area (Å²) in [5.74, 6) is -0.450. The lowest BCUT2D eigenvalue weighted by Gasteiger charge is -2.38. The number of aromatic nitrogens is 3. The fourth-order valence-electron chi connectivity index (χ4n) is 3.61. The number of quaternary nitrogens is 1. The Morgan fingerprint density at radius 1 is 1.03 bits per heavy atom. The van der Waals surface area contributed by atoms with Crippen LogP contribution in [0.5, 0.6) is 6.01 Å². The van der Waals surface area contributed by atoms with Crippen LogP contribution in [-0.4, -0.2) is 70.1 Å². The van der Waals surface area contributed by atoms with Crippen molar-refractivity contribution in [2.75, 3.05) is 37.4 Å². The number of carbonyl (C=O) groups excluding carboxylic acids is 1. The summed E-state index contributed by atoms with van der Waals surface area (Å²) in [6.45, 7) is 4.49. The molecule has 1 aromatic heterocycles. The summed E-state index contributed by atoms with van der Waals surface area (Å²) in [4.78, 5) is 24.3. The van der Waals surface area contributed by atoms with E-state index in [9.17, 15) is 31.1 Å². The molecule has 0 bridgehead atoms. The van der Waals surface area contributed by atoms with Gasteiger partial charge >= 0.3 is 24.5 Å². The summed E-state index contributed by atoms with van der Waals surface area (Å²) in [6.07, 6.45) is -8.67. The van der Waals surface area contributed by atoms with Gasteiger partial charge in [0.25, 0.3) is 0 Å². The van der Waals surface area contributed by atoms with Crippen LogP contribution in [0.3, 0.4) is 0 Å². The Labute approximate surface area is 215 Å². The monoisotopic (exact) mass is 551 g/mol. The predicted octanol–water partition coefficient (Wildman–Crippen LogP) is 5.53. The number of likely N-dealkylation sites (tertiary alicyclic amines) is 1. The first-order chi connectivity index (χ1) is 17.4. The maximum Gasteiger partial charge on any atom is 0.516 e. The molecule has 9 nitrogen and oxygen atoms in total. The van der Waals surface area contributed by atoms with Gasteiger partial charge in [-0.25, -0.2) is 4.48 Å². The number of nitrogens with zero attached hydrogens (tertiary/aromatic N) is 4. The molecule has 15 heteroatoms. The molecule has 210 valence electrons. The van der Waals surface area contributed by atoms with E-state index in [0.717, 1.165) is 18.2 Å². The maximum absolute atomic E-state index is 13.1. The smallest absolute Gasteiger partial charge is 0.454 e. The summed E-state index contributed by atoms with van der Waals surface area (Å²) >= 11 is 0. The van der Waals surface area contributed by atoms with Crippen LogP contribution in [-0.2, 0) is 10.9 Å². The van der Waals surface area contributed by atoms with Crippen LogP contribution in [0.4, 0.5) is 48.7 Å². The number of benzene rings is 1. The lowest BCUT2D eigenvalue weighted by molar-refractivity contribution is -0.844. The molecule has 0 atom stereocenters. The average molecular weight is 552 g/mol. The molecule has 3 rings (SSSR count). The van der Waals surface area contributed by atoms with Crippen molar-refractivity contribution in [1.29, 1.82) is 0 Å². The minimum atomic E-state index is -4.66. The van der Waals surface area contributed by atoms with Crippen LogP contribution in [0.2, 0.25) is 0 Å². The molecule has 0 saturated carbocycles. The van der Waals surface area contributed by atoms with Crippen molar-refractivity contribution in [1.82, 2.24) is 15.0 Å². The summed E-state index contributed by atoms with van der Waals surface area (Å²) in [6, 6.07) is 3.25. The fourth-order valence-corrected chi connectivity index (χ4v) is 3.61. The fraction of sp³-hybridized carbons (Fsp3) is 0.565. The number of ether oxygens (including phenoxy) is 2. The molecule has 1 amide bonds. The molecule has 38 heavy (non-hydrogen) atoms. The van der Waals surface area contributed by atoms with Gasteiger partial charge in [0.15, 0.2) is 6.61 Å². The third-order valence-electron chi connectivity index (χ3n) is 5.54. The van der Waals surface area contributed by atoms with Crippen LogP contribution in [0, 0.1) is 0 Å². The van der Waals surface area contributed by atoms with Crippen LogP contribution in [0.25, 0.3) is 0 Å². The Kier molecular flexibility index (Phi) is 8.29. The number of hydrogen-bond acceptors (Lipinski definition) is 8. The molecule has 1 saturated heterocycles. The molecule has 2 heterocycles. The molecule has 2 aromatic rings. The summed E-state index contributed by atoms with van der Waals surface area (Å²) < 4.78 is 87.4. The molecule has 1 aromatic carbocycles. The highest BCUT2D eigenvalue weighted by atomic mass is 19.4. The van der Waals surface area contributed by atoms with Crippen LogP contribution in [0.1, 0.15) is 39.2 Å². The standard InChI is InChI=1S/C23H29F6N6O3/c1-21(2,3)38-20(36)35(4)10-8-15(9-11-35)30-17-32-18(34-19(33-17)37-13-22(24,25)26)31-16-7-5-6-14(12-16)23(27,28)29/h5-7,12,15H,8-11,13H2,1-4H3,(H2,30,31,32,33,34)/q+1. The highest BCUT2D eigenvalue weighted by Gasteiger charge is 2.40. The van der Waals surface area contributed by atoms with E-state index < -0.39 is 36.1 Å². The van der Waals surface area contributed by atoms with Gasteiger partial charge in [-0.1, -0.05) is 6.07 Å². The number of halogens is 6. The van der Waals surface area contributed by atoms with E-state index in [1.807, 2.05) is 0 Å². The highest BCUT2D eigenvalue weighted by Crippen LogP contribution is 2.31. The van der Waals surface area contributed by atoms with Crippen LogP contribution >= 0.6 is 0 Å². The van der Waals surface area contributed by atoms with E-state index >= 15 is 0 Å². The van der Waals surface area contributed by atoms with Gasteiger partial charge in [-0.3, -0.25) is 0 Å². The van der Waals surface area contributed by atoms with E-state index in [0.29, 0.717) is 25.9 Å². The van der Waals surface area contributed by atoms with Gasteiger partial charge in [-0.2, -0.15) is 46.1 Å². The Balaban J connectivity index is 1.76. The molecule has 0 unspecified atom stereocenters. The molecule has 0 radical (unpaired) electrons. The number of rotatable bonds is 6. The molecular weight excluding hydrogens is 522 g/mol. The van der Waals surface area contributed by atoms with E-state index in [-0.39, 0.29) is 34.2 Å². The van der Waals surface area contributed by atoms with Gasteiger partial charge in [-0.05, 0) is 39.0 Å². The number of nitrogens with one attached hydrogen (secondary N) is 2. The number of carbonyl (C=O) groups is 1. The Hall–Kier alpha value is -3.36. The molecule has 1 fully saturated rings. The third kappa shape index (κ3) is 8.60. The molecule has 1 aliphatic heterocycles. The first-order valence-electron chi connectivity index (χ1n) is 11.7. The third-order valence-corrected chi connectivity index (χ3v) is 5.54. The zero-order valence-electron chi connectivity index (χ0n) is 21.2. The van der Waals surface area contributed by atoms with Gasteiger partial charge in [0.2, 0.25) is 11.9 Å². The quantitative estimate of drug-likeness (QED) is 0.357. The summed E-state index contributed by atoms with van der Waals surface area (Å²) in [5, 5.41) is 5.55. The van der Waals surface area contributed by atoms with Crippen molar-refractivity contribution in [2.45, 2.75) is 57.6 Å². The summed E-state index contributed by atoms with van der Waals surface area (Å²) in [7, 11) is 1.76. The molecule has 0 spiro atoms. The number of hydrogen-bond donors (Lipinski definition) is 2. The first-order valence-corrected chi connectivity index (χ1v) is 11.7. The largest absolute Gasteiger partial charge is 0.516 e. The molecule has 2 N–H and O–H groups in total. The maximum atomic E-state index is 13.1. The minimum Gasteiger partial charge on any atom is -0.454 e. The molecule has 0 aliphatic carbocycles. The number of anilines is 3. The van der Waals surface area contributed by atoms with Gasteiger partial charge in [0.05, 0.1) is 25.7 Å². The van der Waals surface area contributed by atoms with E-state index in [1.165, 1.54) is 6.07 Å². The summed E-state index contributed by atoms with van der Waals surface area (Å²) in [5.41, 5.74) is -1.62. The lowest BCUT2D eigenvalue weighted by atomic mass is 10.0. The second-order valence-corrected chi connectivity index (χ2v) is 10.1. The zero-order chi connectivity index (χ0) is 28.4. The Morgan fingerprint density at radius 2 is 1.66 bits per heavy atom. The van der Waals surface area contributed by atoms with Crippen molar-refractivity contribution in [2.24, 2.45) is 0 Å².